The normalized spacial score (nSPS) is 32.9. The lowest BCUT2D eigenvalue weighted by Crippen LogP contribution is -2.70. The molecule has 11 atom stereocenters. The molecule has 3 fully saturated rings. The molecule has 0 aliphatic carbocycles. The van der Waals surface area contributed by atoms with Crippen molar-refractivity contribution in [2.24, 2.45) is 0 Å². The summed E-state index contributed by atoms with van der Waals surface area (Å²) in [6.07, 6.45) is -12.1. The highest BCUT2D eigenvalue weighted by molar-refractivity contribution is 5.73. The second-order valence-electron chi connectivity index (χ2n) is 11.2. The van der Waals surface area contributed by atoms with Crippen molar-refractivity contribution < 1.29 is 76.1 Å². The van der Waals surface area contributed by atoms with Crippen molar-refractivity contribution in [3.05, 3.63) is 29.8 Å². The number of ether oxygens (including phenoxy) is 11. The molecule has 3 aliphatic rings. The minimum Gasteiger partial charge on any atom is -0.497 e. The standard InChI is InChI=1S/C31H41NO16/c1-14(33)32-23-26(24-22(45-30(23)39-7)13-41-29(47-24)19-8-10-20(38-6)11-9-19)48-31-28(44-18(5)37)27(43-17(4)36)25(42-16(3)35)21(46-31)12-40-15(2)34/h8-11,21-31H,12-13H2,1-7H3,(H,32,33)/t21?,22?,23?,24-,25-,26?,27?,28?,29?,30-,31-/m0/s1. The SMILES string of the molecule is COc1ccc(C2OCC3O[C@H](OC)C(NC(C)=O)C(O[C@@H]4OC(COC(C)=O)[C@H](OC(C)=O)C(OC(C)=O)C4OC(C)=O)[C@H]3O2)cc1. The lowest BCUT2D eigenvalue weighted by molar-refractivity contribution is -0.376. The van der Waals surface area contributed by atoms with Gasteiger partial charge in [0.05, 0.1) is 13.7 Å². The van der Waals surface area contributed by atoms with Crippen LogP contribution in [0.25, 0.3) is 0 Å². The van der Waals surface area contributed by atoms with Crippen LogP contribution in [0.2, 0.25) is 0 Å². The molecule has 0 bridgehead atoms. The third-order valence-corrected chi connectivity index (χ3v) is 7.57. The van der Waals surface area contributed by atoms with E-state index in [4.69, 9.17) is 52.1 Å². The maximum Gasteiger partial charge on any atom is 0.303 e. The van der Waals surface area contributed by atoms with Gasteiger partial charge in [0.1, 0.15) is 42.8 Å². The first-order valence-electron chi connectivity index (χ1n) is 15.1. The number of hydrogen-bond acceptors (Lipinski definition) is 16. The predicted octanol–water partition coefficient (Wildman–Crippen LogP) is 0.454. The van der Waals surface area contributed by atoms with E-state index >= 15 is 0 Å². The Balaban J connectivity index is 1.76. The van der Waals surface area contributed by atoms with Gasteiger partial charge in [0.2, 0.25) is 5.91 Å². The highest BCUT2D eigenvalue weighted by Gasteiger charge is 2.57. The van der Waals surface area contributed by atoms with Crippen molar-refractivity contribution in [3.63, 3.8) is 0 Å². The number of amides is 1. The Morgan fingerprint density at radius 1 is 0.750 bits per heavy atom. The zero-order valence-electron chi connectivity index (χ0n) is 27.6. The molecular weight excluding hydrogens is 642 g/mol. The van der Waals surface area contributed by atoms with Crippen LogP contribution in [0.15, 0.2) is 24.3 Å². The van der Waals surface area contributed by atoms with Crippen LogP contribution in [-0.2, 0) is 71.3 Å². The average Bonchev–Trinajstić information content (AvgIpc) is 3.02. The Labute approximate surface area is 276 Å². The van der Waals surface area contributed by atoms with E-state index in [0.29, 0.717) is 11.3 Å². The Bertz CT molecular complexity index is 1310. The van der Waals surface area contributed by atoms with Crippen molar-refractivity contribution in [2.75, 3.05) is 27.4 Å². The molecule has 1 aromatic carbocycles. The smallest absolute Gasteiger partial charge is 0.303 e. The van der Waals surface area contributed by atoms with Gasteiger partial charge in [0.15, 0.2) is 37.2 Å². The summed E-state index contributed by atoms with van der Waals surface area (Å²) in [5.74, 6) is -2.92. The summed E-state index contributed by atoms with van der Waals surface area (Å²) in [4.78, 5) is 61.0. The number of nitrogens with one attached hydrogen (secondary N) is 1. The third-order valence-electron chi connectivity index (χ3n) is 7.57. The molecule has 4 rings (SSSR count). The van der Waals surface area contributed by atoms with Crippen LogP contribution in [-0.4, -0.2) is 119 Å². The molecule has 1 N–H and O–H groups in total. The van der Waals surface area contributed by atoms with Gasteiger partial charge in [0, 0.05) is 47.3 Å². The highest BCUT2D eigenvalue weighted by Crippen LogP contribution is 2.38. The summed E-state index contributed by atoms with van der Waals surface area (Å²) >= 11 is 0. The minimum absolute atomic E-state index is 0.0203. The van der Waals surface area contributed by atoms with Crippen LogP contribution >= 0.6 is 0 Å². The lowest BCUT2D eigenvalue weighted by Gasteiger charge is -2.51. The van der Waals surface area contributed by atoms with Gasteiger partial charge >= 0.3 is 23.9 Å². The van der Waals surface area contributed by atoms with Gasteiger partial charge < -0.3 is 57.4 Å². The fourth-order valence-corrected chi connectivity index (χ4v) is 5.71. The summed E-state index contributed by atoms with van der Waals surface area (Å²) in [5.41, 5.74) is 0.644. The second-order valence-corrected chi connectivity index (χ2v) is 11.2. The number of hydrogen-bond donors (Lipinski definition) is 1. The molecule has 1 aromatic rings. The molecule has 1 amide bonds. The van der Waals surface area contributed by atoms with E-state index in [1.807, 2.05) is 0 Å². The lowest BCUT2D eigenvalue weighted by atomic mass is 9.94. The topological polar surface area (TPSA) is 199 Å². The van der Waals surface area contributed by atoms with Crippen molar-refractivity contribution >= 4 is 29.8 Å². The van der Waals surface area contributed by atoms with Gasteiger partial charge in [-0.1, -0.05) is 12.1 Å². The highest BCUT2D eigenvalue weighted by atomic mass is 16.8. The predicted molar refractivity (Wildman–Crippen MR) is 157 cm³/mol. The van der Waals surface area contributed by atoms with Crippen molar-refractivity contribution in [3.8, 4) is 5.75 Å². The fraction of sp³-hybridized carbons (Fsp3) is 0.645. The van der Waals surface area contributed by atoms with Crippen molar-refractivity contribution in [1.29, 1.82) is 0 Å². The van der Waals surface area contributed by atoms with Crippen LogP contribution < -0.4 is 10.1 Å². The van der Waals surface area contributed by atoms with Gasteiger partial charge in [-0.3, -0.25) is 24.0 Å². The number of benzene rings is 1. The van der Waals surface area contributed by atoms with E-state index in [1.54, 1.807) is 24.3 Å². The molecule has 48 heavy (non-hydrogen) atoms. The molecule has 3 heterocycles. The number of fused-ring (bicyclic) bond motifs is 1. The van der Waals surface area contributed by atoms with E-state index in [0.717, 1.165) is 27.7 Å². The van der Waals surface area contributed by atoms with Crippen LogP contribution in [0.3, 0.4) is 0 Å². The Morgan fingerprint density at radius 3 is 1.94 bits per heavy atom. The second kappa shape index (κ2) is 16.5. The van der Waals surface area contributed by atoms with Crippen LogP contribution in [0.4, 0.5) is 0 Å². The number of rotatable bonds is 11. The zero-order chi connectivity index (χ0) is 35.1. The summed E-state index contributed by atoms with van der Waals surface area (Å²) in [7, 11) is 2.91. The maximum atomic E-state index is 12.4. The number of esters is 4. The first kappa shape index (κ1) is 37.0. The van der Waals surface area contributed by atoms with Crippen molar-refractivity contribution in [1.82, 2.24) is 5.32 Å². The average molecular weight is 684 g/mol. The first-order chi connectivity index (χ1) is 22.8. The van der Waals surface area contributed by atoms with Crippen LogP contribution in [0, 0.1) is 0 Å². The third kappa shape index (κ3) is 9.18. The van der Waals surface area contributed by atoms with Gasteiger partial charge in [-0.25, -0.2) is 0 Å². The quantitative estimate of drug-likeness (QED) is 0.249. The molecule has 0 radical (unpaired) electrons. The van der Waals surface area contributed by atoms with Gasteiger partial charge in [-0.15, -0.1) is 0 Å². The summed E-state index contributed by atoms with van der Waals surface area (Å²) in [6.45, 7) is 5.34. The van der Waals surface area contributed by atoms with Gasteiger partial charge in [-0.05, 0) is 12.1 Å². The Hall–Kier alpha value is -3.87. The molecule has 266 valence electrons. The monoisotopic (exact) mass is 683 g/mol. The first-order valence-corrected chi connectivity index (χ1v) is 15.1. The molecule has 0 aromatic heterocycles. The van der Waals surface area contributed by atoms with E-state index in [9.17, 15) is 24.0 Å². The van der Waals surface area contributed by atoms with E-state index in [2.05, 4.69) is 5.32 Å². The number of methoxy groups -OCH3 is 2. The Kier molecular flexibility index (Phi) is 12.7. The number of carbonyl (C=O) groups is 5. The van der Waals surface area contributed by atoms with Gasteiger partial charge in [-0.2, -0.15) is 0 Å². The molecule has 7 unspecified atom stereocenters. The summed E-state index contributed by atoms with van der Waals surface area (Å²) in [6, 6.07) is 5.95. The van der Waals surface area contributed by atoms with Gasteiger partial charge in [0.25, 0.3) is 0 Å². The zero-order valence-corrected chi connectivity index (χ0v) is 27.6. The molecule has 0 spiro atoms. The fourth-order valence-electron chi connectivity index (χ4n) is 5.71. The van der Waals surface area contributed by atoms with Crippen molar-refractivity contribution in [2.45, 2.75) is 102 Å². The molecule has 3 aliphatic heterocycles. The largest absolute Gasteiger partial charge is 0.497 e. The van der Waals surface area contributed by atoms with E-state index in [-0.39, 0.29) is 6.61 Å². The molecule has 3 saturated heterocycles. The number of carbonyl (C=O) groups excluding carboxylic acids is 5. The molecule has 17 nitrogen and oxygen atoms in total. The van der Waals surface area contributed by atoms with E-state index < -0.39 is 104 Å². The Morgan fingerprint density at radius 2 is 1.38 bits per heavy atom. The van der Waals surface area contributed by atoms with Crippen LogP contribution in [0.5, 0.6) is 5.75 Å². The summed E-state index contributed by atoms with van der Waals surface area (Å²) in [5, 5.41) is 2.77. The van der Waals surface area contributed by atoms with E-state index in [1.165, 1.54) is 21.1 Å². The minimum atomic E-state index is -1.57. The molecule has 17 heteroatoms. The summed E-state index contributed by atoms with van der Waals surface area (Å²) < 4.78 is 63.7. The van der Waals surface area contributed by atoms with Crippen LogP contribution in [0.1, 0.15) is 46.5 Å². The molecule has 0 saturated carbocycles. The maximum absolute atomic E-state index is 12.4. The molecular formula is C31H41NO16.